The van der Waals surface area contributed by atoms with Crippen molar-refractivity contribution >= 4 is 22.8 Å². The third kappa shape index (κ3) is 4.46. The molecule has 0 aliphatic carbocycles. The normalized spacial score (nSPS) is 11.0. The Hall–Kier alpha value is -3.59. The number of aromatic nitrogens is 4. The summed E-state index contributed by atoms with van der Waals surface area (Å²) in [6.45, 7) is 4.85. The van der Waals surface area contributed by atoms with Gasteiger partial charge in [0.25, 0.3) is 5.69 Å². The summed E-state index contributed by atoms with van der Waals surface area (Å²) in [5.41, 5.74) is 3.18. The van der Waals surface area contributed by atoms with E-state index in [0.29, 0.717) is 17.0 Å². The van der Waals surface area contributed by atoms with Crippen LogP contribution in [0.25, 0.3) is 11.4 Å². The molecule has 0 aliphatic rings. The molecule has 9 heteroatoms. The van der Waals surface area contributed by atoms with Gasteiger partial charge in [0.1, 0.15) is 12.9 Å². The molecule has 0 amide bonds. The van der Waals surface area contributed by atoms with Crippen molar-refractivity contribution in [1.29, 1.82) is 0 Å². The Labute approximate surface area is 182 Å². The highest BCUT2D eigenvalue weighted by Crippen LogP contribution is 2.21. The summed E-state index contributed by atoms with van der Waals surface area (Å²) in [7, 11) is 0. The van der Waals surface area contributed by atoms with Crippen molar-refractivity contribution in [1.82, 2.24) is 19.3 Å². The molecule has 4 aromatic rings. The number of carbonyl (C=O) groups excluding carboxylic acids is 1. The van der Waals surface area contributed by atoms with Crippen molar-refractivity contribution < 1.29 is 9.72 Å². The number of nitro groups is 1. The van der Waals surface area contributed by atoms with Crippen molar-refractivity contribution in [2.45, 2.75) is 33.4 Å². The van der Waals surface area contributed by atoms with Crippen LogP contribution in [0.2, 0.25) is 0 Å². The lowest BCUT2D eigenvalue weighted by Crippen LogP contribution is -2.12. The molecule has 0 atom stereocenters. The van der Waals surface area contributed by atoms with Gasteiger partial charge in [-0.25, -0.2) is 9.67 Å². The molecule has 31 heavy (non-hydrogen) atoms. The molecular weight excluding hydrogens is 414 g/mol. The van der Waals surface area contributed by atoms with Gasteiger partial charge < -0.3 is 4.57 Å². The number of rotatable bonds is 8. The Bertz CT molecular complexity index is 1240. The first-order valence-electron chi connectivity index (χ1n) is 9.79. The number of thiophene rings is 1. The van der Waals surface area contributed by atoms with Crippen LogP contribution in [0.3, 0.4) is 0 Å². The lowest BCUT2D eigenvalue weighted by molar-refractivity contribution is -0.384. The van der Waals surface area contributed by atoms with Gasteiger partial charge in [0.15, 0.2) is 11.6 Å². The van der Waals surface area contributed by atoms with E-state index in [1.807, 2.05) is 26.0 Å². The third-order valence-corrected chi connectivity index (χ3v) is 6.13. The second kappa shape index (κ2) is 8.65. The average Bonchev–Trinajstić information content (AvgIpc) is 3.49. The molecule has 0 N–H and O–H groups in total. The quantitative estimate of drug-likeness (QED) is 0.231. The number of benzene rings is 1. The predicted octanol–water partition coefficient (Wildman–Crippen LogP) is 4.46. The second-order valence-corrected chi connectivity index (χ2v) is 8.29. The Morgan fingerprint density at radius 2 is 2.03 bits per heavy atom. The third-order valence-electron chi connectivity index (χ3n) is 5.19. The van der Waals surface area contributed by atoms with Crippen molar-refractivity contribution in [3.63, 3.8) is 0 Å². The van der Waals surface area contributed by atoms with Crippen LogP contribution in [0.15, 0.2) is 54.2 Å². The van der Waals surface area contributed by atoms with Gasteiger partial charge in [0.05, 0.1) is 4.92 Å². The van der Waals surface area contributed by atoms with Crippen LogP contribution in [-0.4, -0.2) is 30.0 Å². The van der Waals surface area contributed by atoms with E-state index < -0.39 is 4.92 Å². The van der Waals surface area contributed by atoms with Crippen molar-refractivity contribution in [2.75, 3.05) is 0 Å². The van der Waals surface area contributed by atoms with Crippen LogP contribution in [0.4, 0.5) is 5.69 Å². The van der Waals surface area contributed by atoms with Crippen molar-refractivity contribution in [2.24, 2.45) is 0 Å². The minimum atomic E-state index is -0.460. The summed E-state index contributed by atoms with van der Waals surface area (Å²) in [5.74, 6) is 0.295. The predicted molar refractivity (Wildman–Crippen MR) is 118 cm³/mol. The van der Waals surface area contributed by atoms with E-state index in [1.54, 1.807) is 23.5 Å². The van der Waals surface area contributed by atoms with Crippen LogP contribution in [0.5, 0.6) is 0 Å². The summed E-state index contributed by atoms with van der Waals surface area (Å²) >= 11 is 1.74. The largest absolute Gasteiger partial charge is 0.348 e. The molecule has 0 fully saturated rings. The standard InChI is InChI=1S/C22H21N5O3S/c1-15-11-20(16(2)26(15)9-8-19-7-4-10-31-19)21(28)13-25-14-23-22(24-25)17-5-3-6-18(12-17)27(29)30/h3-7,10-12,14H,8-9,13H2,1-2H3. The highest BCUT2D eigenvalue weighted by molar-refractivity contribution is 7.09. The lowest BCUT2D eigenvalue weighted by Gasteiger charge is -2.09. The van der Waals surface area contributed by atoms with E-state index in [1.165, 1.54) is 28.0 Å². The molecule has 0 saturated carbocycles. The fourth-order valence-electron chi connectivity index (χ4n) is 3.60. The summed E-state index contributed by atoms with van der Waals surface area (Å²) in [4.78, 5) is 29.0. The van der Waals surface area contributed by atoms with Gasteiger partial charge in [-0.15, -0.1) is 11.3 Å². The number of non-ortho nitro benzene ring substituents is 1. The maximum atomic E-state index is 12.9. The van der Waals surface area contributed by atoms with Crippen molar-refractivity contribution in [3.8, 4) is 11.4 Å². The van der Waals surface area contributed by atoms with Gasteiger partial charge in [-0.3, -0.25) is 14.9 Å². The molecule has 0 radical (unpaired) electrons. The molecule has 0 unspecified atom stereocenters. The molecule has 0 bridgehead atoms. The number of carbonyl (C=O) groups is 1. The smallest absolute Gasteiger partial charge is 0.270 e. The average molecular weight is 436 g/mol. The summed E-state index contributed by atoms with van der Waals surface area (Å²) in [5, 5.41) is 17.4. The maximum absolute atomic E-state index is 12.9. The molecule has 158 valence electrons. The van der Waals surface area contributed by atoms with Crippen LogP contribution in [0.1, 0.15) is 26.6 Å². The number of hydrogen-bond donors (Lipinski definition) is 0. The molecule has 8 nitrogen and oxygen atoms in total. The van der Waals surface area contributed by atoms with Gasteiger partial charge in [-0.05, 0) is 37.8 Å². The maximum Gasteiger partial charge on any atom is 0.270 e. The SMILES string of the molecule is Cc1cc(C(=O)Cn2cnc(-c3cccc([N+](=O)[O-])c3)n2)c(C)n1CCc1cccs1. The van der Waals surface area contributed by atoms with Crippen LogP contribution < -0.4 is 0 Å². The molecular formula is C22H21N5O3S. The molecule has 4 rings (SSSR count). The second-order valence-electron chi connectivity index (χ2n) is 7.26. The Kier molecular flexibility index (Phi) is 5.77. The first-order chi connectivity index (χ1) is 14.9. The first kappa shape index (κ1) is 20.7. The molecule has 0 saturated heterocycles. The van der Waals surface area contributed by atoms with Gasteiger partial charge in [-0.2, -0.15) is 5.10 Å². The van der Waals surface area contributed by atoms with E-state index >= 15 is 0 Å². The summed E-state index contributed by atoms with van der Waals surface area (Å²) in [6, 6.07) is 12.2. The number of Topliss-reactive ketones (excluding diaryl/α,β-unsaturated/α-hetero) is 1. The van der Waals surface area contributed by atoms with Gasteiger partial charge >= 0.3 is 0 Å². The molecule has 3 heterocycles. The minimum Gasteiger partial charge on any atom is -0.348 e. The Balaban J connectivity index is 1.48. The summed E-state index contributed by atoms with van der Waals surface area (Å²) < 4.78 is 3.64. The number of nitrogens with zero attached hydrogens (tertiary/aromatic N) is 5. The highest BCUT2D eigenvalue weighted by Gasteiger charge is 2.17. The number of aryl methyl sites for hydroxylation is 2. The van der Waals surface area contributed by atoms with Crippen LogP contribution >= 0.6 is 11.3 Å². The van der Waals surface area contributed by atoms with Crippen molar-refractivity contribution in [3.05, 3.63) is 86.1 Å². The lowest BCUT2D eigenvalue weighted by atomic mass is 10.1. The van der Waals surface area contributed by atoms with Gasteiger partial charge in [-0.1, -0.05) is 18.2 Å². The molecule has 3 aromatic heterocycles. The number of hydrogen-bond acceptors (Lipinski definition) is 6. The molecule has 1 aromatic carbocycles. The zero-order chi connectivity index (χ0) is 22.0. The van der Waals surface area contributed by atoms with E-state index in [2.05, 4.69) is 26.1 Å². The highest BCUT2D eigenvalue weighted by atomic mass is 32.1. The molecule has 0 spiro atoms. The number of nitro benzene ring substituents is 1. The van der Waals surface area contributed by atoms with E-state index in [4.69, 9.17) is 0 Å². The van der Waals surface area contributed by atoms with E-state index in [9.17, 15) is 14.9 Å². The van der Waals surface area contributed by atoms with Gasteiger partial charge in [0.2, 0.25) is 0 Å². The number of ketones is 1. The van der Waals surface area contributed by atoms with Crippen LogP contribution in [0, 0.1) is 24.0 Å². The Morgan fingerprint density at radius 1 is 1.19 bits per heavy atom. The zero-order valence-corrected chi connectivity index (χ0v) is 18.0. The van der Waals surface area contributed by atoms with Crippen LogP contribution in [-0.2, 0) is 19.5 Å². The van der Waals surface area contributed by atoms with E-state index in [-0.39, 0.29) is 18.0 Å². The Morgan fingerprint density at radius 3 is 2.77 bits per heavy atom. The first-order valence-corrected chi connectivity index (χ1v) is 10.7. The zero-order valence-electron chi connectivity index (χ0n) is 17.2. The van der Waals surface area contributed by atoms with E-state index in [0.717, 1.165) is 24.4 Å². The minimum absolute atomic E-state index is 0.0279. The molecule has 0 aliphatic heterocycles. The van der Waals surface area contributed by atoms with Gasteiger partial charge in [0, 0.05) is 46.1 Å². The fourth-order valence-corrected chi connectivity index (χ4v) is 4.30. The topological polar surface area (TPSA) is 95.8 Å². The fraction of sp³-hybridized carbons (Fsp3) is 0.227. The summed E-state index contributed by atoms with van der Waals surface area (Å²) in [6.07, 6.45) is 2.40. The monoisotopic (exact) mass is 435 g/mol.